The summed E-state index contributed by atoms with van der Waals surface area (Å²) in [4.78, 5) is 23.9. The number of carbonyl (C=O) groups is 2. The van der Waals surface area contributed by atoms with E-state index in [2.05, 4.69) is 11.9 Å². The Bertz CT molecular complexity index is 264. The quantitative estimate of drug-likeness (QED) is 0.465. The Morgan fingerprint density at radius 3 is 2.59 bits per heavy atom. The number of hydrogen-bond acceptors (Lipinski definition) is 3. The van der Waals surface area contributed by atoms with Gasteiger partial charge in [0.1, 0.15) is 0 Å². The number of amides is 1. The highest BCUT2D eigenvalue weighted by Crippen LogP contribution is 2.02. The third kappa shape index (κ3) is 7.52. The van der Waals surface area contributed by atoms with E-state index in [4.69, 9.17) is 5.11 Å². The van der Waals surface area contributed by atoms with Gasteiger partial charge in [0.05, 0.1) is 6.54 Å². The van der Waals surface area contributed by atoms with Gasteiger partial charge in [0.25, 0.3) is 0 Å². The van der Waals surface area contributed by atoms with Crippen LogP contribution in [0, 0.1) is 0 Å². The summed E-state index contributed by atoms with van der Waals surface area (Å²) in [6.45, 7) is 8.74. The van der Waals surface area contributed by atoms with Crippen LogP contribution in [-0.4, -0.2) is 47.6 Å². The Morgan fingerprint density at radius 2 is 2.12 bits per heavy atom. The fourth-order valence-corrected chi connectivity index (χ4v) is 1.45. The normalized spacial score (nSPS) is 10.3. The first-order chi connectivity index (χ1) is 7.99. The summed E-state index contributed by atoms with van der Waals surface area (Å²) in [7, 11) is 0. The van der Waals surface area contributed by atoms with Crippen molar-refractivity contribution in [2.75, 3.05) is 19.6 Å². The number of aliphatic carboxylic acids is 1. The molecule has 0 unspecified atom stereocenters. The molecule has 0 aliphatic rings. The van der Waals surface area contributed by atoms with E-state index in [0.717, 1.165) is 0 Å². The van der Waals surface area contributed by atoms with Crippen molar-refractivity contribution >= 4 is 11.9 Å². The molecule has 1 amide bonds. The van der Waals surface area contributed by atoms with Gasteiger partial charge in [0.15, 0.2) is 0 Å². The third-order valence-electron chi connectivity index (χ3n) is 2.30. The van der Waals surface area contributed by atoms with Crippen LogP contribution in [0.25, 0.3) is 0 Å². The topological polar surface area (TPSA) is 69.6 Å². The van der Waals surface area contributed by atoms with E-state index in [1.807, 2.05) is 13.8 Å². The largest absolute Gasteiger partial charge is 0.481 e. The van der Waals surface area contributed by atoms with E-state index in [1.54, 1.807) is 11.0 Å². The fourth-order valence-electron chi connectivity index (χ4n) is 1.45. The Hall–Kier alpha value is -1.36. The first-order valence-electron chi connectivity index (χ1n) is 5.82. The molecule has 0 heterocycles. The van der Waals surface area contributed by atoms with Crippen LogP contribution in [0.5, 0.6) is 0 Å². The minimum Gasteiger partial charge on any atom is -0.481 e. The Labute approximate surface area is 102 Å². The van der Waals surface area contributed by atoms with Crippen molar-refractivity contribution in [2.45, 2.75) is 32.7 Å². The molecule has 0 atom stereocenters. The van der Waals surface area contributed by atoms with Gasteiger partial charge in [0, 0.05) is 25.6 Å². The van der Waals surface area contributed by atoms with Gasteiger partial charge < -0.3 is 15.3 Å². The van der Waals surface area contributed by atoms with Gasteiger partial charge in [-0.05, 0) is 20.3 Å². The summed E-state index contributed by atoms with van der Waals surface area (Å²) in [5.74, 6) is -0.835. The zero-order valence-electron chi connectivity index (χ0n) is 10.6. The second-order valence-electron chi connectivity index (χ2n) is 4.10. The van der Waals surface area contributed by atoms with Crippen LogP contribution in [0.2, 0.25) is 0 Å². The van der Waals surface area contributed by atoms with Crippen LogP contribution >= 0.6 is 0 Å². The van der Waals surface area contributed by atoms with Crippen molar-refractivity contribution in [3.63, 3.8) is 0 Å². The molecule has 0 aromatic heterocycles. The van der Waals surface area contributed by atoms with Crippen molar-refractivity contribution < 1.29 is 14.7 Å². The molecule has 0 saturated carbocycles. The Kier molecular flexibility index (Phi) is 8.05. The SMILES string of the molecule is C=CCNCC(=O)N(CCCC(=O)O)C(C)C. The van der Waals surface area contributed by atoms with E-state index < -0.39 is 5.97 Å². The molecule has 0 aliphatic carbocycles. The summed E-state index contributed by atoms with van der Waals surface area (Å²) >= 11 is 0. The van der Waals surface area contributed by atoms with Crippen molar-refractivity contribution in [3.05, 3.63) is 12.7 Å². The lowest BCUT2D eigenvalue weighted by Crippen LogP contribution is -2.43. The van der Waals surface area contributed by atoms with Crippen molar-refractivity contribution in [1.82, 2.24) is 10.2 Å². The Balaban J connectivity index is 4.07. The molecule has 0 fully saturated rings. The third-order valence-corrected chi connectivity index (χ3v) is 2.30. The summed E-state index contributed by atoms with van der Waals surface area (Å²) in [6.07, 6.45) is 2.27. The smallest absolute Gasteiger partial charge is 0.303 e. The van der Waals surface area contributed by atoms with Crippen LogP contribution in [0.3, 0.4) is 0 Å². The molecular weight excluding hydrogens is 220 g/mol. The number of nitrogens with zero attached hydrogens (tertiary/aromatic N) is 1. The van der Waals surface area contributed by atoms with E-state index in [-0.39, 0.29) is 24.9 Å². The maximum atomic E-state index is 11.8. The number of hydrogen-bond donors (Lipinski definition) is 2. The highest BCUT2D eigenvalue weighted by atomic mass is 16.4. The molecule has 0 radical (unpaired) electrons. The van der Waals surface area contributed by atoms with Gasteiger partial charge in [-0.2, -0.15) is 0 Å². The summed E-state index contributed by atoms with van der Waals surface area (Å²) in [5.41, 5.74) is 0. The van der Waals surface area contributed by atoms with E-state index in [0.29, 0.717) is 19.5 Å². The molecular formula is C12H22N2O3. The zero-order valence-corrected chi connectivity index (χ0v) is 10.6. The zero-order chi connectivity index (χ0) is 13.3. The number of carboxylic acids is 1. The lowest BCUT2D eigenvalue weighted by molar-refractivity contribution is -0.138. The summed E-state index contributed by atoms with van der Waals surface area (Å²) < 4.78 is 0. The molecule has 98 valence electrons. The predicted molar refractivity (Wildman–Crippen MR) is 66.8 cm³/mol. The maximum absolute atomic E-state index is 11.8. The number of rotatable bonds is 9. The van der Waals surface area contributed by atoms with Gasteiger partial charge >= 0.3 is 5.97 Å². The average molecular weight is 242 g/mol. The van der Waals surface area contributed by atoms with Gasteiger partial charge in [-0.3, -0.25) is 9.59 Å². The lowest BCUT2D eigenvalue weighted by Gasteiger charge is -2.26. The molecule has 0 aromatic rings. The van der Waals surface area contributed by atoms with Crippen LogP contribution in [0.4, 0.5) is 0 Å². The molecule has 0 aliphatic heterocycles. The molecule has 5 nitrogen and oxygen atoms in total. The maximum Gasteiger partial charge on any atom is 0.303 e. The average Bonchev–Trinajstić information content (AvgIpc) is 2.23. The summed E-state index contributed by atoms with van der Waals surface area (Å²) in [6, 6.07) is 0.0850. The van der Waals surface area contributed by atoms with Gasteiger partial charge in [-0.25, -0.2) is 0 Å². The molecule has 0 aromatic carbocycles. The molecule has 2 N–H and O–H groups in total. The first-order valence-corrected chi connectivity index (χ1v) is 5.82. The molecule has 5 heteroatoms. The van der Waals surface area contributed by atoms with E-state index in [1.165, 1.54) is 0 Å². The monoisotopic (exact) mass is 242 g/mol. The standard InChI is InChI=1S/C12H22N2O3/c1-4-7-13-9-11(15)14(10(2)3)8-5-6-12(16)17/h4,10,13H,1,5-9H2,2-3H3,(H,16,17). The summed E-state index contributed by atoms with van der Waals surface area (Å²) in [5, 5.41) is 11.5. The predicted octanol–water partition coefficient (Wildman–Crippen LogP) is 0.864. The lowest BCUT2D eigenvalue weighted by atomic mass is 10.2. The van der Waals surface area contributed by atoms with Crippen molar-refractivity contribution in [2.24, 2.45) is 0 Å². The highest BCUT2D eigenvalue weighted by molar-refractivity contribution is 5.78. The van der Waals surface area contributed by atoms with E-state index >= 15 is 0 Å². The molecule has 17 heavy (non-hydrogen) atoms. The van der Waals surface area contributed by atoms with Gasteiger partial charge in [-0.15, -0.1) is 6.58 Å². The van der Waals surface area contributed by atoms with Crippen LogP contribution in [-0.2, 0) is 9.59 Å². The Morgan fingerprint density at radius 1 is 1.47 bits per heavy atom. The first kappa shape index (κ1) is 15.6. The minimum atomic E-state index is -0.828. The van der Waals surface area contributed by atoms with Crippen LogP contribution < -0.4 is 5.32 Å². The molecule has 0 rings (SSSR count). The number of carbonyl (C=O) groups excluding carboxylic acids is 1. The van der Waals surface area contributed by atoms with Gasteiger partial charge in [-0.1, -0.05) is 6.08 Å². The fraction of sp³-hybridized carbons (Fsp3) is 0.667. The van der Waals surface area contributed by atoms with Crippen molar-refractivity contribution in [3.8, 4) is 0 Å². The van der Waals surface area contributed by atoms with Crippen molar-refractivity contribution in [1.29, 1.82) is 0 Å². The van der Waals surface area contributed by atoms with Crippen LogP contribution in [0.15, 0.2) is 12.7 Å². The molecule has 0 spiro atoms. The molecule has 0 saturated heterocycles. The second kappa shape index (κ2) is 8.75. The number of nitrogens with one attached hydrogen (secondary N) is 1. The minimum absolute atomic E-state index is 0.00719. The second-order valence-corrected chi connectivity index (χ2v) is 4.10. The van der Waals surface area contributed by atoms with Gasteiger partial charge in [0.2, 0.25) is 5.91 Å². The highest BCUT2D eigenvalue weighted by Gasteiger charge is 2.16. The van der Waals surface area contributed by atoms with E-state index in [9.17, 15) is 9.59 Å². The molecule has 0 bridgehead atoms. The number of carboxylic acid groups (broad SMARTS) is 1. The van der Waals surface area contributed by atoms with Crippen LogP contribution in [0.1, 0.15) is 26.7 Å².